The van der Waals surface area contributed by atoms with Gasteiger partial charge in [-0.1, -0.05) is 11.8 Å². The topological polar surface area (TPSA) is 80.8 Å². The molecule has 2 amide bonds. The molecule has 2 heterocycles. The van der Waals surface area contributed by atoms with E-state index in [1.54, 1.807) is 80.9 Å². The van der Waals surface area contributed by atoms with Crippen molar-refractivity contribution in [3.05, 3.63) is 65.9 Å². The summed E-state index contributed by atoms with van der Waals surface area (Å²) in [5.41, 5.74) is 2.28. The maximum atomic E-state index is 12.9. The van der Waals surface area contributed by atoms with Crippen LogP contribution < -0.4 is 19.7 Å². The Balaban J connectivity index is 1.66. The molecule has 1 aromatic heterocycles. The third-order valence-corrected chi connectivity index (χ3v) is 5.77. The van der Waals surface area contributed by atoms with Crippen LogP contribution in [0.3, 0.4) is 0 Å². The largest absolute Gasteiger partial charge is 0.497 e. The molecule has 3 aromatic rings. The SMILES string of the molecule is COc1cc(NC(=O)c2ccc3c(c2)Sc2ncccc2C(=O)N3C)cc(OC)c1. The average Bonchev–Trinajstić information content (AvgIpc) is 2.87. The first-order valence-corrected chi connectivity index (χ1v) is 9.91. The molecular weight excluding hydrogens is 402 g/mol. The van der Waals surface area contributed by atoms with Gasteiger partial charge in [0.2, 0.25) is 0 Å². The van der Waals surface area contributed by atoms with Crippen molar-refractivity contribution in [3.63, 3.8) is 0 Å². The van der Waals surface area contributed by atoms with Crippen LogP contribution in [0.15, 0.2) is 64.6 Å². The number of anilines is 2. The summed E-state index contributed by atoms with van der Waals surface area (Å²) in [6.07, 6.45) is 1.65. The lowest BCUT2D eigenvalue weighted by molar-refractivity contribution is 0.0988. The van der Waals surface area contributed by atoms with E-state index in [1.165, 1.54) is 11.8 Å². The zero-order valence-electron chi connectivity index (χ0n) is 16.6. The third kappa shape index (κ3) is 3.69. The summed E-state index contributed by atoms with van der Waals surface area (Å²) < 4.78 is 10.5. The Morgan fingerprint density at radius 2 is 1.80 bits per heavy atom. The number of aromatic nitrogens is 1. The van der Waals surface area contributed by atoms with Crippen LogP contribution >= 0.6 is 11.8 Å². The molecule has 0 radical (unpaired) electrons. The molecule has 0 saturated heterocycles. The smallest absolute Gasteiger partial charge is 0.260 e. The minimum absolute atomic E-state index is 0.134. The number of ether oxygens (including phenoxy) is 2. The van der Waals surface area contributed by atoms with Gasteiger partial charge < -0.3 is 19.7 Å². The number of pyridine rings is 1. The maximum absolute atomic E-state index is 12.9. The number of rotatable bonds is 4. The summed E-state index contributed by atoms with van der Waals surface area (Å²) in [4.78, 5) is 32.3. The molecule has 4 rings (SSSR count). The van der Waals surface area contributed by atoms with Crippen LogP contribution in [0.5, 0.6) is 11.5 Å². The van der Waals surface area contributed by atoms with Crippen molar-refractivity contribution in [2.75, 3.05) is 31.5 Å². The van der Waals surface area contributed by atoms with E-state index in [9.17, 15) is 9.59 Å². The van der Waals surface area contributed by atoms with Gasteiger partial charge in [0.1, 0.15) is 16.5 Å². The highest BCUT2D eigenvalue weighted by molar-refractivity contribution is 7.99. The lowest BCUT2D eigenvalue weighted by Gasteiger charge is -2.18. The number of nitrogens with one attached hydrogen (secondary N) is 1. The van der Waals surface area contributed by atoms with E-state index in [4.69, 9.17) is 9.47 Å². The van der Waals surface area contributed by atoms with E-state index in [0.29, 0.717) is 33.3 Å². The van der Waals surface area contributed by atoms with Gasteiger partial charge in [0, 0.05) is 47.6 Å². The van der Waals surface area contributed by atoms with Crippen molar-refractivity contribution >= 4 is 35.0 Å². The Bertz CT molecular complexity index is 1130. The van der Waals surface area contributed by atoms with Crippen LogP contribution in [0, 0.1) is 0 Å². The van der Waals surface area contributed by atoms with Crippen LogP contribution in [0.1, 0.15) is 20.7 Å². The van der Waals surface area contributed by atoms with E-state index in [1.807, 2.05) is 0 Å². The molecule has 8 heteroatoms. The number of hydrogen-bond acceptors (Lipinski definition) is 6. The van der Waals surface area contributed by atoms with Crippen molar-refractivity contribution in [1.29, 1.82) is 0 Å². The van der Waals surface area contributed by atoms with Crippen LogP contribution in [-0.4, -0.2) is 38.1 Å². The molecule has 0 atom stereocenters. The number of fused-ring (bicyclic) bond motifs is 2. The number of methoxy groups -OCH3 is 2. The standard InChI is InChI=1S/C22H19N3O4S/c1-25-18-7-6-13(9-19(18)30-21-17(22(25)27)5-4-8-23-21)20(26)24-14-10-15(28-2)12-16(11-14)29-3/h4-12H,1-3H3,(H,24,26). The fraction of sp³-hybridized carbons (Fsp3) is 0.136. The van der Waals surface area contributed by atoms with Crippen molar-refractivity contribution < 1.29 is 19.1 Å². The normalized spacial score (nSPS) is 12.5. The minimum Gasteiger partial charge on any atom is -0.497 e. The van der Waals surface area contributed by atoms with E-state index >= 15 is 0 Å². The average molecular weight is 421 g/mol. The molecule has 1 aliphatic rings. The van der Waals surface area contributed by atoms with Crippen LogP contribution in [0.4, 0.5) is 11.4 Å². The van der Waals surface area contributed by atoms with Crippen molar-refractivity contribution in [3.8, 4) is 11.5 Å². The lowest BCUT2D eigenvalue weighted by Crippen LogP contribution is -2.26. The molecule has 1 N–H and O–H groups in total. The molecule has 1 aliphatic heterocycles. The minimum atomic E-state index is -0.284. The fourth-order valence-electron chi connectivity index (χ4n) is 3.13. The second-order valence-electron chi connectivity index (χ2n) is 6.56. The van der Waals surface area contributed by atoms with Crippen LogP contribution in [0.2, 0.25) is 0 Å². The van der Waals surface area contributed by atoms with Crippen LogP contribution in [0.25, 0.3) is 0 Å². The first-order chi connectivity index (χ1) is 14.5. The first-order valence-electron chi connectivity index (χ1n) is 9.09. The molecule has 7 nitrogen and oxygen atoms in total. The highest BCUT2D eigenvalue weighted by atomic mass is 32.2. The monoisotopic (exact) mass is 421 g/mol. The summed E-state index contributed by atoms with van der Waals surface area (Å²) in [6, 6.07) is 13.9. The summed E-state index contributed by atoms with van der Waals surface area (Å²) in [6.45, 7) is 0. The molecule has 0 saturated carbocycles. The Morgan fingerprint density at radius 3 is 2.50 bits per heavy atom. The number of nitrogens with zero attached hydrogens (tertiary/aromatic N) is 2. The predicted octanol–water partition coefficient (Wildman–Crippen LogP) is 4.09. The Kier molecular flexibility index (Phi) is 5.33. The van der Waals surface area contributed by atoms with Gasteiger partial charge in [0.25, 0.3) is 11.8 Å². The van der Waals surface area contributed by atoms with Gasteiger partial charge in [-0.3, -0.25) is 9.59 Å². The maximum Gasteiger partial charge on any atom is 0.260 e. The second-order valence-corrected chi connectivity index (χ2v) is 7.59. The Labute approximate surface area is 178 Å². The van der Waals surface area contributed by atoms with Gasteiger partial charge in [-0.2, -0.15) is 0 Å². The molecule has 0 bridgehead atoms. The Hall–Kier alpha value is -3.52. The van der Waals surface area contributed by atoms with Crippen LogP contribution in [-0.2, 0) is 0 Å². The van der Waals surface area contributed by atoms with E-state index in [2.05, 4.69) is 10.3 Å². The molecular formula is C22H19N3O4S. The van der Waals surface area contributed by atoms with E-state index in [-0.39, 0.29) is 11.8 Å². The molecule has 152 valence electrons. The summed E-state index contributed by atoms with van der Waals surface area (Å²) >= 11 is 1.37. The van der Waals surface area contributed by atoms with Crippen molar-refractivity contribution in [2.45, 2.75) is 9.92 Å². The highest BCUT2D eigenvalue weighted by Gasteiger charge is 2.26. The first kappa shape index (κ1) is 19.8. The number of hydrogen-bond donors (Lipinski definition) is 1. The molecule has 0 spiro atoms. The zero-order chi connectivity index (χ0) is 21.3. The van der Waals surface area contributed by atoms with E-state index < -0.39 is 0 Å². The number of benzene rings is 2. The fourth-order valence-corrected chi connectivity index (χ4v) is 4.21. The molecule has 0 unspecified atom stereocenters. The highest BCUT2D eigenvalue weighted by Crippen LogP contribution is 2.40. The lowest BCUT2D eigenvalue weighted by atomic mass is 10.1. The zero-order valence-corrected chi connectivity index (χ0v) is 17.4. The summed E-state index contributed by atoms with van der Waals surface area (Å²) in [5.74, 6) is 0.730. The molecule has 0 fully saturated rings. The number of carbonyl (C=O) groups is 2. The predicted molar refractivity (Wildman–Crippen MR) is 115 cm³/mol. The van der Waals surface area contributed by atoms with E-state index in [0.717, 1.165) is 10.6 Å². The third-order valence-electron chi connectivity index (χ3n) is 4.71. The molecule has 30 heavy (non-hydrogen) atoms. The quantitative estimate of drug-likeness (QED) is 0.683. The number of amides is 2. The van der Waals surface area contributed by atoms with Gasteiger partial charge in [-0.05, 0) is 30.3 Å². The van der Waals surface area contributed by atoms with Gasteiger partial charge in [-0.25, -0.2) is 4.98 Å². The molecule has 0 aliphatic carbocycles. The Morgan fingerprint density at radius 1 is 1.07 bits per heavy atom. The van der Waals surface area contributed by atoms with Gasteiger partial charge in [0.05, 0.1) is 25.5 Å². The molecule has 2 aromatic carbocycles. The summed E-state index contributed by atoms with van der Waals surface area (Å²) in [5, 5.41) is 3.48. The van der Waals surface area contributed by atoms with Gasteiger partial charge in [-0.15, -0.1) is 0 Å². The number of carbonyl (C=O) groups excluding carboxylic acids is 2. The van der Waals surface area contributed by atoms with Gasteiger partial charge in [0.15, 0.2) is 0 Å². The van der Waals surface area contributed by atoms with Gasteiger partial charge >= 0.3 is 0 Å². The second kappa shape index (κ2) is 8.08. The summed E-state index contributed by atoms with van der Waals surface area (Å²) in [7, 11) is 4.81. The van der Waals surface area contributed by atoms with Crippen molar-refractivity contribution in [1.82, 2.24) is 4.98 Å². The van der Waals surface area contributed by atoms with Crippen molar-refractivity contribution in [2.24, 2.45) is 0 Å².